The fourth-order valence-electron chi connectivity index (χ4n) is 1.27. The van der Waals surface area contributed by atoms with E-state index in [9.17, 15) is 0 Å². The SMILES string of the molecule is CC(C)=CCCC(C)NC(C)C. The second kappa shape index (κ2) is 6.24. The molecule has 0 saturated heterocycles. The molecule has 0 amide bonds. The van der Waals surface area contributed by atoms with Gasteiger partial charge in [-0.05, 0) is 33.6 Å². The Labute approximate surface area is 77.2 Å². The van der Waals surface area contributed by atoms with Gasteiger partial charge in [0, 0.05) is 12.1 Å². The van der Waals surface area contributed by atoms with Gasteiger partial charge in [-0.25, -0.2) is 0 Å². The molecule has 12 heavy (non-hydrogen) atoms. The van der Waals surface area contributed by atoms with Crippen molar-refractivity contribution in [3.05, 3.63) is 11.6 Å². The van der Waals surface area contributed by atoms with E-state index < -0.39 is 0 Å². The van der Waals surface area contributed by atoms with Crippen LogP contribution in [0.15, 0.2) is 11.6 Å². The van der Waals surface area contributed by atoms with Crippen molar-refractivity contribution in [3.63, 3.8) is 0 Å². The minimum Gasteiger partial charge on any atom is -0.312 e. The van der Waals surface area contributed by atoms with Crippen LogP contribution in [0.3, 0.4) is 0 Å². The lowest BCUT2D eigenvalue weighted by Gasteiger charge is -2.15. The van der Waals surface area contributed by atoms with Crippen molar-refractivity contribution in [2.24, 2.45) is 0 Å². The zero-order valence-electron chi connectivity index (χ0n) is 9.15. The van der Waals surface area contributed by atoms with Crippen molar-refractivity contribution in [3.8, 4) is 0 Å². The highest BCUT2D eigenvalue weighted by Gasteiger charge is 2.00. The zero-order chi connectivity index (χ0) is 9.56. The molecule has 1 atom stereocenters. The van der Waals surface area contributed by atoms with Crippen molar-refractivity contribution in [1.82, 2.24) is 5.32 Å². The maximum atomic E-state index is 3.49. The molecule has 0 aromatic carbocycles. The summed E-state index contributed by atoms with van der Waals surface area (Å²) in [5.74, 6) is 0. The van der Waals surface area contributed by atoms with Gasteiger partial charge < -0.3 is 5.32 Å². The van der Waals surface area contributed by atoms with E-state index in [0.29, 0.717) is 12.1 Å². The Balaban J connectivity index is 3.44. The molecule has 1 unspecified atom stereocenters. The van der Waals surface area contributed by atoms with Gasteiger partial charge in [-0.2, -0.15) is 0 Å². The smallest absolute Gasteiger partial charge is 0.00440 e. The van der Waals surface area contributed by atoms with E-state index in [0.717, 1.165) is 0 Å². The van der Waals surface area contributed by atoms with Gasteiger partial charge in [0.25, 0.3) is 0 Å². The van der Waals surface area contributed by atoms with E-state index in [1.807, 2.05) is 0 Å². The lowest BCUT2D eigenvalue weighted by molar-refractivity contribution is 0.468. The van der Waals surface area contributed by atoms with Gasteiger partial charge >= 0.3 is 0 Å². The standard InChI is InChI=1S/C11H23N/c1-9(2)7-6-8-11(5)12-10(3)4/h7,10-12H,6,8H2,1-5H3. The van der Waals surface area contributed by atoms with Gasteiger partial charge in [0.2, 0.25) is 0 Å². The van der Waals surface area contributed by atoms with E-state index in [-0.39, 0.29) is 0 Å². The third-order valence-electron chi connectivity index (χ3n) is 1.77. The van der Waals surface area contributed by atoms with Crippen molar-refractivity contribution in [1.29, 1.82) is 0 Å². The van der Waals surface area contributed by atoms with Crippen LogP contribution in [0.2, 0.25) is 0 Å². The van der Waals surface area contributed by atoms with Gasteiger partial charge in [0.15, 0.2) is 0 Å². The van der Waals surface area contributed by atoms with Crippen LogP contribution < -0.4 is 5.32 Å². The largest absolute Gasteiger partial charge is 0.312 e. The van der Waals surface area contributed by atoms with E-state index in [1.54, 1.807) is 0 Å². The highest BCUT2D eigenvalue weighted by molar-refractivity contribution is 4.93. The molecule has 0 radical (unpaired) electrons. The van der Waals surface area contributed by atoms with Crippen LogP contribution in [0.5, 0.6) is 0 Å². The normalized spacial score (nSPS) is 13.2. The van der Waals surface area contributed by atoms with E-state index in [4.69, 9.17) is 0 Å². The Morgan fingerprint density at radius 1 is 1.25 bits per heavy atom. The third-order valence-corrected chi connectivity index (χ3v) is 1.77. The zero-order valence-corrected chi connectivity index (χ0v) is 9.15. The van der Waals surface area contributed by atoms with Crippen LogP contribution in [0, 0.1) is 0 Å². The minimum absolute atomic E-state index is 0.603. The fraction of sp³-hybridized carbons (Fsp3) is 0.818. The van der Waals surface area contributed by atoms with Gasteiger partial charge in [-0.3, -0.25) is 0 Å². The molecule has 0 spiro atoms. The summed E-state index contributed by atoms with van der Waals surface area (Å²) in [6, 6.07) is 1.24. The van der Waals surface area contributed by atoms with Crippen molar-refractivity contribution in [2.45, 2.75) is 59.5 Å². The van der Waals surface area contributed by atoms with Crippen LogP contribution in [-0.4, -0.2) is 12.1 Å². The molecule has 0 saturated carbocycles. The summed E-state index contributed by atoms with van der Waals surface area (Å²) < 4.78 is 0. The summed E-state index contributed by atoms with van der Waals surface area (Å²) in [5, 5.41) is 3.49. The highest BCUT2D eigenvalue weighted by Crippen LogP contribution is 2.01. The quantitative estimate of drug-likeness (QED) is 0.623. The summed E-state index contributed by atoms with van der Waals surface area (Å²) in [6.07, 6.45) is 4.74. The highest BCUT2D eigenvalue weighted by atomic mass is 14.9. The summed E-state index contributed by atoms with van der Waals surface area (Å²) in [4.78, 5) is 0. The minimum atomic E-state index is 0.603. The predicted octanol–water partition coefficient (Wildman–Crippen LogP) is 3.12. The molecule has 1 heteroatoms. The number of hydrogen-bond donors (Lipinski definition) is 1. The molecule has 0 aromatic rings. The first-order valence-electron chi connectivity index (χ1n) is 4.91. The first kappa shape index (κ1) is 11.7. The van der Waals surface area contributed by atoms with Crippen molar-refractivity contribution >= 4 is 0 Å². The molecule has 0 bridgehead atoms. The summed E-state index contributed by atoms with van der Waals surface area (Å²) in [7, 11) is 0. The maximum absolute atomic E-state index is 3.49. The Morgan fingerprint density at radius 3 is 2.25 bits per heavy atom. The van der Waals surface area contributed by atoms with Crippen molar-refractivity contribution in [2.75, 3.05) is 0 Å². The molecule has 1 nitrogen and oxygen atoms in total. The first-order chi connectivity index (χ1) is 5.52. The van der Waals surface area contributed by atoms with Gasteiger partial charge in [-0.15, -0.1) is 0 Å². The molecular weight excluding hydrogens is 146 g/mol. The Morgan fingerprint density at radius 2 is 1.83 bits per heavy atom. The van der Waals surface area contributed by atoms with Crippen LogP contribution in [-0.2, 0) is 0 Å². The van der Waals surface area contributed by atoms with E-state index in [1.165, 1.54) is 18.4 Å². The monoisotopic (exact) mass is 169 g/mol. The van der Waals surface area contributed by atoms with E-state index in [2.05, 4.69) is 46.0 Å². The average Bonchev–Trinajstić information content (AvgIpc) is 1.84. The number of rotatable bonds is 5. The molecule has 0 fully saturated rings. The predicted molar refractivity (Wildman–Crippen MR) is 56.4 cm³/mol. The molecule has 72 valence electrons. The lowest BCUT2D eigenvalue weighted by atomic mass is 10.1. The molecule has 0 aliphatic carbocycles. The molecule has 0 aliphatic rings. The van der Waals surface area contributed by atoms with Crippen molar-refractivity contribution < 1.29 is 0 Å². The van der Waals surface area contributed by atoms with Crippen LogP contribution >= 0.6 is 0 Å². The third kappa shape index (κ3) is 7.80. The molecule has 1 N–H and O–H groups in total. The Kier molecular flexibility index (Phi) is 6.09. The number of nitrogens with one attached hydrogen (secondary N) is 1. The van der Waals surface area contributed by atoms with E-state index >= 15 is 0 Å². The number of hydrogen-bond acceptors (Lipinski definition) is 1. The topological polar surface area (TPSA) is 12.0 Å². The molecule has 0 aliphatic heterocycles. The van der Waals surface area contributed by atoms with Crippen LogP contribution in [0.1, 0.15) is 47.5 Å². The Hall–Kier alpha value is -0.300. The molecule has 0 heterocycles. The molecule has 0 rings (SSSR count). The van der Waals surface area contributed by atoms with Gasteiger partial charge in [0.1, 0.15) is 0 Å². The number of allylic oxidation sites excluding steroid dienone is 2. The first-order valence-corrected chi connectivity index (χ1v) is 4.91. The lowest BCUT2D eigenvalue weighted by Crippen LogP contribution is -2.32. The molecule has 0 aromatic heterocycles. The van der Waals surface area contributed by atoms with Gasteiger partial charge in [-0.1, -0.05) is 25.5 Å². The van der Waals surface area contributed by atoms with Gasteiger partial charge in [0.05, 0.1) is 0 Å². The maximum Gasteiger partial charge on any atom is 0.00440 e. The summed E-state index contributed by atoms with van der Waals surface area (Å²) >= 11 is 0. The second-order valence-electron chi connectivity index (χ2n) is 4.08. The second-order valence-corrected chi connectivity index (χ2v) is 4.08. The fourth-order valence-corrected chi connectivity index (χ4v) is 1.27. The molecular formula is C11H23N. The summed E-state index contributed by atoms with van der Waals surface area (Å²) in [5.41, 5.74) is 1.42. The summed E-state index contributed by atoms with van der Waals surface area (Å²) in [6.45, 7) is 10.9. The van der Waals surface area contributed by atoms with Crippen LogP contribution in [0.25, 0.3) is 0 Å². The van der Waals surface area contributed by atoms with Crippen LogP contribution in [0.4, 0.5) is 0 Å². The average molecular weight is 169 g/mol. The Bertz CT molecular complexity index is 132.